The van der Waals surface area contributed by atoms with Gasteiger partial charge < -0.3 is 10.2 Å². The Morgan fingerprint density at radius 3 is 3.04 bits per heavy atom. The number of carbonyl (C=O) groups is 1. The molecule has 11 heteroatoms. The van der Waals surface area contributed by atoms with Crippen LogP contribution in [0.2, 0.25) is 0 Å². The summed E-state index contributed by atoms with van der Waals surface area (Å²) in [5, 5.41) is 19.1. The summed E-state index contributed by atoms with van der Waals surface area (Å²) in [5.74, 6) is -1.01. The molecular weight excluding hydrogens is 363 g/mol. The first-order chi connectivity index (χ1) is 12.9. The average Bonchev–Trinajstić information content (AvgIpc) is 3.08. The Kier molecular flexibility index (Phi) is 4.28. The number of aromatic amines is 1. The molecule has 1 amide bonds. The Morgan fingerprint density at radius 1 is 1.37 bits per heavy atom. The van der Waals surface area contributed by atoms with Crippen molar-refractivity contribution in [1.82, 2.24) is 30.7 Å². The van der Waals surface area contributed by atoms with E-state index in [9.17, 15) is 18.0 Å². The molecule has 1 atom stereocenters. The Hall–Kier alpha value is -2.98. The van der Waals surface area contributed by atoms with E-state index in [2.05, 4.69) is 30.7 Å². The average molecular weight is 379 g/mol. The fourth-order valence-electron chi connectivity index (χ4n) is 3.45. The molecule has 1 aliphatic rings. The van der Waals surface area contributed by atoms with Gasteiger partial charge in [-0.1, -0.05) is 0 Å². The standard InChI is InChI=1S/C16H16F3N7O/c17-16(18,19)6-12(27)22-9-2-1-5-26(8-9)11-7-21-23-15-13(11)10-3-4-20-14(10)24-25-15/h3-4,7,9H,1-2,5-6,8H2,(H,22,27)(H,23,25). The Labute approximate surface area is 151 Å². The number of hydrogen-bond acceptors (Lipinski definition) is 6. The maximum Gasteiger partial charge on any atom is 0.397 e. The van der Waals surface area contributed by atoms with Crippen LogP contribution in [0.4, 0.5) is 18.9 Å². The molecule has 3 aromatic heterocycles. The zero-order chi connectivity index (χ0) is 19.0. The molecule has 8 nitrogen and oxygen atoms in total. The van der Waals surface area contributed by atoms with Gasteiger partial charge in [-0.25, -0.2) is 4.98 Å². The number of fused-ring (bicyclic) bond motifs is 3. The molecular formula is C16H16F3N7O. The van der Waals surface area contributed by atoms with Crippen LogP contribution in [0.15, 0.2) is 18.5 Å². The number of aromatic nitrogens is 5. The fourth-order valence-corrected chi connectivity index (χ4v) is 3.45. The first kappa shape index (κ1) is 17.4. The number of hydrogen-bond donors (Lipinski definition) is 2. The minimum Gasteiger partial charge on any atom is -0.368 e. The molecule has 0 radical (unpaired) electrons. The lowest BCUT2D eigenvalue weighted by molar-refractivity contribution is -0.154. The third-order valence-corrected chi connectivity index (χ3v) is 4.53. The first-order valence-corrected chi connectivity index (χ1v) is 8.46. The van der Waals surface area contributed by atoms with Crippen LogP contribution < -0.4 is 10.2 Å². The number of halogens is 3. The van der Waals surface area contributed by atoms with Crippen molar-refractivity contribution in [3.8, 4) is 0 Å². The van der Waals surface area contributed by atoms with E-state index < -0.39 is 18.5 Å². The maximum absolute atomic E-state index is 12.4. The van der Waals surface area contributed by atoms with Gasteiger partial charge in [-0.05, 0) is 18.9 Å². The van der Waals surface area contributed by atoms with Crippen LogP contribution in [-0.2, 0) is 4.79 Å². The molecule has 142 valence electrons. The number of nitrogens with one attached hydrogen (secondary N) is 2. The number of H-pyrrole nitrogens is 1. The van der Waals surface area contributed by atoms with Crippen LogP contribution in [0, 0.1) is 0 Å². The second-order valence-electron chi connectivity index (χ2n) is 6.51. The number of alkyl halides is 3. The third kappa shape index (κ3) is 3.62. The molecule has 1 aliphatic heterocycles. The summed E-state index contributed by atoms with van der Waals surface area (Å²) in [5.41, 5.74) is 1.79. The molecule has 1 saturated heterocycles. The zero-order valence-electron chi connectivity index (χ0n) is 14.1. The summed E-state index contributed by atoms with van der Waals surface area (Å²) in [4.78, 5) is 17.8. The van der Waals surface area contributed by atoms with Crippen molar-refractivity contribution in [2.45, 2.75) is 31.5 Å². The number of carbonyl (C=O) groups excluding carboxylic acids is 1. The van der Waals surface area contributed by atoms with Crippen molar-refractivity contribution in [3.63, 3.8) is 0 Å². The Balaban J connectivity index is 1.60. The smallest absolute Gasteiger partial charge is 0.368 e. The van der Waals surface area contributed by atoms with Crippen molar-refractivity contribution >= 4 is 33.7 Å². The van der Waals surface area contributed by atoms with Gasteiger partial charge in [0, 0.05) is 30.7 Å². The highest BCUT2D eigenvalue weighted by Gasteiger charge is 2.33. The van der Waals surface area contributed by atoms with Gasteiger partial charge in [0.05, 0.1) is 17.3 Å². The van der Waals surface area contributed by atoms with Crippen LogP contribution in [0.3, 0.4) is 0 Å². The summed E-state index contributed by atoms with van der Waals surface area (Å²) < 4.78 is 37.2. The molecule has 4 heterocycles. The number of piperidine rings is 1. The number of amides is 1. The topological polar surface area (TPSA) is 99.7 Å². The second kappa shape index (κ2) is 6.63. The van der Waals surface area contributed by atoms with E-state index >= 15 is 0 Å². The van der Waals surface area contributed by atoms with E-state index in [1.165, 1.54) is 0 Å². The largest absolute Gasteiger partial charge is 0.397 e. The summed E-state index contributed by atoms with van der Waals surface area (Å²) >= 11 is 0. The van der Waals surface area contributed by atoms with Crippen molar-refractivity contribution in [3.05, 3.63) is 18.5 Å². The monoisotopic (exact) mass is 379 g/mol. The first-order valence-electron chi connectivity index (χ1n) is 8.46. The van der Waals surface area contributed by atoms with Gasteiger partial charge in [-0.15, -0.1) is 10.2 Å². The van der Waals surface area contributed by atoms with Crippen molar-refractivity contribution in [1.29, 1.82) is 0 Å². The highest BCUT2D eigenvalue weighted by molar-refractivity contribution is 6.08. The van der Waals surface area contributed by atoms with Crippen LogP contribution in [-0.4, -0.2) is 56.6 Å². The third-order valence-electron chi connectivity index (χ3n) is 4.53. The molecule has 0 saturated carbocycles. The highest BCUT2D eigenvalue weighted by Crippen LogP contribution is 2.31. The van der Waals surface area contributed by atoms with E-state index in [4.69, 9.17) is 0 Å². The predicted molar refractivity (Wildman–Crippen MR) is 91.0 cm³/mol. The van der Waals surface area contributed by atoms with Crippen LogP contribution >= 0.6 is 0 Å². The number of rotatable bonds is 3. The van der Waals surface area contributed by atoms with E-state index in [1.807, 2.05) is 11.0 Å². The minimum atomic E-state index is -4.51. The molecule has 2 N–H and O–H groups in total. The highest BCUT2D eigenvalue weighted by atomic mass is 19.4. The normalized spacial score (nSPS) is 18.2. The lowest BCUT2D eigenvalue weighted by atomic mass is 10.0. The van der Waals surface area contributed by atoms with Gasteiger partial charge in [0.15, 0.2) is 11.3 Å². The van der Waals surface area contributed by atoms with Gasteiger partial charge in [0.1, 0.15) is 6.42 Å². The lowest BCUT2D eigenvalue weighted by Gasteiger charge is -2.35. The SMILES string of the molecule is O=C(CC(F)(F)F)NC1CCCN(c2cn[nH]c3nnc4nccc4c23)C1. The van der Waals surface area contributed by atoms with Gasteiger partial charge in [0.2, 0.25) is 5.91 Å². The predicted octanol–water partition coefficient (Wildman–Crippen LogP) is 1.94. The number of anilines is 1. The molecule has 1 unspecified atom stereocenters. The van der Waals surface area contributed by atoms with E-state index in [0.717, 1.165) is 22.9 Å². The molecule has 0 spiro atoms. The van der Waals surface area contributed by atoms with Gasteiger partial charge in [-0.3, -0.25) is 9.89 Å². The van der Waals surface area contributed by atoms with Crippen molar-refractivity contribution < 1.29 is 18.0 Å². The summed E-state index contributed by atoms with van der Waals surface area (Å²) in [6.45, 7) is 1.09. The van der Waals surface area contributed by atoms with Gasteiger partial charge in [0.25, 0.3) is 0 Å². The summed E-state index contributed by atoms with van der Waals surface area (Å²) in [7, 11) is 0. The Morgan fingerprint density at radius 2 is 2.22 bits per heavy atom. The lowest BCUT2D eigenvalue weighted by Crippen LogP contribution is -2.48. The van der Waals surface area contributed by atoms with Crippen LogP contribution in [0.1, 0.15) is 19.3 Å². The fraction of sp³-hybridized carbons (Fsp3) is 0.438. The molecule has 4 rings (SSSR count). The van der Waals surface area contributed by atoms with E-state index in [-0.39, 0.29) is 6.04 Å². The number of nitrogens with zero attached hydrogens (tertiary/aromatic N) is 5. The van der Waals surface area contributed by atoms with Crippen molar-refractivity contribution in [2.75, 3.05) is 18.0 Å². The van der Waals surface area contributed by atoms with Crippen LogP contribution in [0.5, 0.6) is 0 Å². The minimum absolute atomic E-state index is 0.365. The van der Waals surface area contributed by atoms with E-state index in [0.29, 0.717) is 30.8 Å². The maximum atomic E-state index is 12.4. The van der Waals surface area contributed by atoms with Crippen molar-refractivity contribution in [2.24, 2.45) is 0 Å². The van der Waals surface area contributed by atoms with Gasteiger partial charge in [-0.2, -0.15) is 18.3 Å². The second-order valence-corrected chi connectivity index (χ2v) is 6.51. The summed E-state index contributed by atoms with van der Waals surface area (Å²) in [6.07, 6.45) is -1.34. The molecule has 3 aromatic rings. The van der Waals surface area contributed by atoms with Crippen LogP contribution in [0.25, 0.3) is 22.1 Å². The van der Waals surface area contributed by atoms with E-state index in [1.54, 1.807) is 12.4 Å². The quantitative estimate of drug-likeness (QED) is 0.722. The molecule has 0 aliphatic carbocycles. The zero-order valence-corrected chi connectivity index (χ0v) is 14.1. The molecule has 1 fully saturated rings. The molecule has 27 heavy (non-hydrogen) atoms. The molecule has 0 aromatic carbocycles. The molecule has 0 bridgehead atoms. The van der Waals surface area contributed by atoms with Gasteiger partial charge >= 0.3 is 6.18 Å². The summed E-state index contributed by atoms with van der Waals surface area (Å²) in [6, 6.07) is 1.46. The Bertz CT molecular complexity index is 987.